The van der Waals surface area contributed by atoms with Crippen LogP contribution in [0.1, 0.15) is 37.3 Å². The van der Waals surface area contributed by atoms with Gasteiger partial charge in [0.05, 0.1) is 6.04 Å². The zero-order valence-corrected chi connectivity index (χ0v) is 14.8. The molecule has 1 aromatic carbocycles. The smallest absolute Gasteiger partial charge is 0.317 e. The van der Waals surface area contributed by atoms with Gasteiger partial charge in [0.25, 0.3) is 0 Å². The van der Waals surface area contributed by atoms with Crippen molar-refractivity contribution >= 4 is 17.8 Å². The number of carbonyl (C=O) groups excluding carboxylic acids is 1. The predicted octanol–water partition coefficient (Wildman–Crippen LogP) is 3.24. The topological polar surface area (TPSA) is 35.6 Å². The number of hydrogen-bond donors (Lipinski definition) is 1. The normalized spacial score (nSPS) is 29.9. The molecule has 4 nitrogen and oxygen atoms in total. The maximum atomic E-state index is 13.6. The molecular weight excluding hydrogens is 325 g/mol. The highest BCUT2D eigenvalue weighted by atomic mass is 32.2. The number of benzene rings is 1. The summed E-state index contributed by atoms with van der Waals surface area (Å²) in [6.07, 6.45) is 4.33. The Bertz CT molecular complexity index is 641. The molecule has 0 aromatic heterocycles. The van der Waals surface area contributed by atoms with Crippen molar-refractivity contribution in [3.05, 3.63) is 29.6 Å². The summed E-state index contributed by atoms with van der Waals surface area (Å²) in [4.78, 5) is 18.3. The van der Waals surface area contributed by atoms with E-state index in [-0.39, 0.29) is 17.9 Å². The summed E-state index contributed by atoms with van der Waals surface area (Å²) in [6, 6.07) is 5.92. The van der Waals surface area contributed by atoms with Crippen LogP contribution in [0.15, 0.2) is 23.1 Å². The van der Waals surface area contributed by atoms with E-state index >= 15 is 0 Å². The second kappa shape index (κ2) is 6.56. The lowest BCUT2D eigenvalue weighted by molar-refractivity contribution is 0.184. The lowest BCUT2D eigenvalue weighted by Crippen LogP contribution is -2.46. The Balaban J connectivity index is 1.46. The third-order valence-electron chi connectivity index (χ3n) is 5.74. The third kappa shape index (κ3) is 3.02. The zero-order valence-electron chi connectivity index (χ0n) is 14.0. The zero-order chi connectivity index (χ0) is 16.7. The van der Waals surface area contributed by atoms with Crippen molar-refractivity contribution in [2.24, 2.45) is 0 Å². The van der Waals surface area contributed by atoms with Gasteiger partial charge in [-0.2, -0.15) is 0 Å². The first kappa shape index (κ1) is 16.2. The highest BCUT2D eigenvalue weighted by Gasteiger charge is 2.36. The number of carbonyl (C=O) groups is 1. The van der Waals surface area contributed by atoms with Gasteiger partial charge in [-0.25, -0.2) is 9.18 Å². The average molecular weight is 349 g/mol. The number of rotatable bonds is 1. The van der Waals surface area contributed by atoms with Crippen molar-refractivity contribution in [3.63, 3.8) is 0 Å². The minimum atomic E-state index is -0.232. The summed E-state index contributed by atoms with van der Waals surface area (Å²) in [5.41, 5.74) is 0.924. The molecule has 3 aliphatic heterocycles. The summed E-state index contributed by atoms with van der Waals surface area (Å²) in [5, 5.41) is 3.16. The standard InChI is InChI=1S/C18H24FN3OS/c1-21-13-3-4-14(21)11-22(8-6-13)18(23)20-16-7-9-24-17-5-2-12(19)10-15(16)17/h2,5,10,13-14,16H,3-4,6-9,11H2,1H3,(H,20,23)/t13-,14-,16-/m0/s1. The van der Waals surface area contributed by atoms with Crippen molar-refractivity contribution in [2.75, 3.05) is 25.9 Å². The van der Waals surface area contributed by atoms with Crippen molar-refractivity contribution in [1.29, 1.82) is 0 Å². The Morgan fingerprint density at radius 2 is 2.08 bits per heavy atom. The highest BCUT2D eigenvalue weighted by Crippen LogP contribution is 2.36. The number of hydrogen-bond acceptors (Lipinski definition) is 3. The average Bonchev–Trinajstić information content (AvgIpc) is 2.80. The van der Waals surface area contributed by atoms with E-state index in [9.17, 15) is 9.18 Å². The Morgan fingerprint density at radius 1 is 1.25 bits per heavy atom. The van der Waals surface area contributed by atoms with E-state index in [1.807, 2.05) is 11.0 Å². The van der Waals surface area contributed by atoms with Gasteiger partial charge in [0.2, 0.25) is 0 Å². The molecule has 2 amide bonds. The molecule has 2 saturated heterocycles. The van der Waals surface area contributed by atoms with Gasteiger partial charge in [0.1, 0.15) is 5.82 Å². The summed E-state index contributed by atoms with van der Waals surface area (Å²) in [5.74, 6) is 0.723. The molecule has 2 bridgehead atoms. The molecule has 3 aliphatic rings. The van der Waals surface area contributed by atoms with Crippen LogP contribution in [-0.2, 0) is 0 Å². The first-order valence-electron chi connectivity index (χ1n) is 8.81. The number of thioether (sulfide) groups is 1. The van der Waals surface area contributed by atoms with Crippen molar-refractivity contribution in [3.8, 4) is 0 Å². The Morgan fingerprint density at radius 3 is 2.96 bits per heavy atom. The van der Waals surface area contributed by atoms with Gasteiger partial charge in [-0.1, -0.05) is 0 Å². The maximum absolute atomic E-state index is 13.6. The number of urea groups is 1. The van der Waals surface area contributed by atoms with Gasteiger partial charge in [-0.05, 0) is 56.5 Å². The van der Waals surface area contributed by atoms with E-state index in [4.69, 9.17) is 0 Å². The molecule has 130 valence electrons. The summed E-state index contributed by atoms with van der Waals surface area (Å²) in [6.45, 7) is 1.62. The Labute approximate surface area is 146 Å². The monoisotopic (exact) mass is 349 g/mol. The fourth-order valence-electron chi connectivity index (χ4n) is 4.25. The quantitative estimate of drug-likeness (QED) is 0.845. The largest absolute Gasteiger partial charge is 0.331 e. The lowest BCUT2D eigenvalue weighted by Gasteiger charge is -2.30. The molecule has 4 rings (SSSR count). The van der Waals surface area contributed by atoms with E-state index in [0.717, 1.165) is 42.1 Å². The van der Waals surface area contributed by atoms with Gasteiger partial charge in [0.15, 0.2) is 0 Å². The van der Waals surface area contributed by atoms with Crippen LogP contribution < -0.4 is 5.32 Å². The molecule has 0 radical (unpaired) electrons. The van der Waals surface area contributed by atoms with Crippen LogP contribution in [0.4, 0.5) is 9.18 Å². The predicted molar refractivity (Wildman–Crippen MR) is 93.8 cm³/mol. The van der Waals surface area contributed by atoms with E-state index in [1.165, 1.54) is 18.9 Å². The van der Waals surface area contributed by atoms with Crippen LogP contribution in [0, 0.1) is 5.82 Å². The SMILES string of the molecule is CN1[C@H]2CC[C@H]1CN(C(=O)N[C@H]1CCSc3ccc(F)cc31)CC2. The summed E-state index contributed by atoms with van der Waals surface area (Å²) >= 11 is 1.74. The minimum Gasteiger partial charge on any atom is -0.331 e. The minimum absolute atomic E-state index is 0.00283. The van der Waals surface area contributed by atoms with Crippen molar-refractivity contribution in [2.45, 2.75) is 48.7 Å². The third-order valence-corrected chi connectivity index (χ3v) is 6.87. The van der Waals surface area contributed by atoms with E-state index in [0.29, 0.717) is 12.1 Å². The van der Waals surface area contributed by atoms with Crippen LogP contribution in [0.2, 0.25) is 0 Å². The lowest BCUT2D eigenvalue weighted by atomic mass is 10.0. The fraction of sp³-hybridized carbons (Fsp3) is 0.611. The Hall–Kier alpha value is -1.27. The molecular formula is C18H24FN3OS. The summed E-state index contributed by atoms with van der Waals surface area (Å²) < 4.78 is 13.6. The van der Waals surface area contributed by atoms with Gasteiger partial charge >= 0.3 is 6.03 Å². The van der Waals surface area contributed by atoms with Crippen molar-refractivity contribution < 1.29 is 9.18 Å². The van der Waals surface area contributed by atoms with Gasteiger partial charge < -0.3 is 10.2 Å². The highest BCUT2D eigenvalue weighted by molar-refractivity contribution is 7.99. The van der Waals surface area contributed by atoms with E-state index in [2.05, 4.69) is 17.3 Å². The van der Waals surface area contributed by atoms with Crippen molar-refractivity contribution in [1.82, 2.24) is 15.1 Å². The van der Waals surface area contributed by atoms with Crippen LogP contribution in [-0.4, -0.2) is 53.8 Å². The molecule has 1 aromatic rings. The molecule has 0 spiro atoms. The molecule has 6 heteroatoms. The number of halogens is 1. The van der Waals surface area contributed by atoms with E-state index < -0.39 is 0 Å². The molecule has 1 N–H and O–H groups in total. The van der Waals surface area contributed by atoms with Gasteiger partial charge in [-0.15, -0.1) is 11.8 Å². The maximum Gasteiger partial charge on any atom is 0.317 e. The first-order valence-corrected chi connectivity index (χ1v) is 9.80. The second-order valence-electron chi connectivity index (χ2n) is 7.11. The second-order valence-corrected chi connectivity index (χ2v) is 8.24. The van der Waals surface area contributed by atoms with Crippen LogP contribution in [0.25, 0.3) is 0 Å². The first-order chi connectivity index (χ1) is 11.6. The number of likely N-dealkylation sites (tertiary alicyclic amines) is 1. The molecule has 0 unspecified atom stereocenters. The van der Waals surface area contributed by atoms with Crippen LogP contribution in [0.3, 0.4) is 0 Å². The fourth-order valence-corrected chi connectivity index (χ4v) is 5.35. The molecule has 2 fully saturated rings. The molecule has 3 atom stereocenters. The van der Waals surface area contributed by atoms with Gasteiger partial charge in [-0.3, -0.25) is 4.90 Å². The van der Waals surface area contributed by atoms with Gasteiger partial charge in [0, 0.05) is 35.8 Å². The number of nitrogens with zero attached hydrogens (tertiary/aromatic N) is 2. The number of fused-ring (bicyclic) bond motifs is 3. The van der Waals surface area contributed by atoms with E-state index in [1.54, 1.807) is 17.8 Å². The van der Waals surface area contributed by atoms with Crippen LogP contribution >= 0.6 is 11.8 Å². The molecule has 0 aliphatic carbocycles. The summed E-state index contributed by atoms with van der Waals surface area (Å²) in [7, 11) is 2.18. The number of likely N-dealkylation sites (N-methyl/N-ethyl adjacent to an activating group) is 1. The van der Waals surface area contributed by atoms with Crippen LogP contribution in [0.5, 0.6) is 0 Å². The Kier molecular flexibility index (Phi) is 4.43. The number of nitrogens with one attached hydrogen (secondary N) is 1. The molecule has 0 saturated carbocycles. The molecule has 24 heavy (non-hydrogen) atoms. The molecule has 3 heterocycles. The number of amides is 2.